The molecule has 64 heteroatoms. The predicted octanol–water partition coefficient (Wildman–Crippen LogP) is -17.0. The third kappa shape index (κ3) is 24.2. The zero-order valence-corrected chi connectivity index (χ0v) is 64.4. The minimum Gasteiger partial charge on any atom is -0.479 e. The number of aliphatic hydroxyl groups excluding tert-OH is 13. The first-order valence-electron chi connectivity index (χ1n) is 34.4. The number of hydrogen-bond acceptors (Lipinski definition) is 48. The number of ether oxygens (including phenoxy) is 15. The molecule has 25 N–H and O–H groups in total. The van der Waals surface area contributed by atoms with E-state index in [0.29, 0.717) is 19.9 Å². The lowest BCUT2D eigenvalue weighted by molar-refractivity contribution is -0.378. The van der Waals surface area contributed by atoms with Crippen molar-refractivity contribution < 1.29 is 265 Å². The summed E-state index contributed by atoms with van der Waals surface area (Å²) >= 11 is 0. The van der Waals surface area contributed by atoms with E-state index in [1.165, 1.54) is 0 Å². The molecule has 0 aliphatic carbocycles. The number of amides is 4. The van der Waals surface area contributed by atoms with Crippen molar-refractivity contribution in [3.8, 4) is 0 Å². The summed E-state index contributed by atoms with van der Waals surface area (Å²) < 4.78 is 241. The quantitative estimate of drug-likeness (QED) is 0.0266. The van der Waals surface area contributed by atoms with Gasteiger partial charge in [-0.2, -0.15) is 33.7 Å². The number of carbonyl (C=O) groups is 8. The Morgan fingerprint density at radius 3 is 0.808 bits per heavy atom. The number of nitrogens with one attached hydrogen (secondary N) is 4. The van der Waals surface area contributed by atoms with Crippen LogP contribution in [-0.4, -0.2) is 446 Å². The van der Waals surface area contributed by atoms with Crippen molar-refractivity contribution in [2.45, 2.75) is 261 Å². The minimum atomic E-state index is -5.98. The lowest BCUT2D eigenvalue weighted by Crippen LogP contribution is -2.72. The van der Waals surface area contributed by atoms with Gasteiger partial charge in [-0.15, -0.1) is 0 Å². The van der Waals surface area contributed by atoms with Gasteiger partial charge in [0.05, 0.1) is 26.4 Å². The van der Waals surface area contributed by atoms with Gasteiger partial charge < -0.3 is 179 Å². The van der Waals surface area contributed by atoms with E-state index in [-0.39, 0.29) is 0 Å². The number of hydrogen-bond donors (Lipinski definition) is 25. The van der Waals surface area contributed by atoms with Crippen LogP contribution in [0.4, 0.5) is 0 Å². The Morgan fingerprint density at radius 2 is 0.567 bits per heavy atom. The number of carboxylic acids is 4. The van der Waals surface area contributed by atoms with Gasteiger partial charge in [-0.3, -0.25) is 37.4 Å². The van der Waals surface area contributed by atoms with Crippen LogP contribution in [0.1, 0.15) is 27.7 Å². The Balaban J connectivity index is 1.10. The highest BCUT2D eigenvalue weighted by atomic mass is 32.3. The summed E-state index contributed by atoms with van der Waals surface area (Å²) in [6.45, 7) is -3.05. The van der Waals surface area contributed by atoms with Gasteiger partial charge in [-0.25, -0.2) is 35.9 Å². The predicted molar refractivity (Wildman–Crippen MR) is 353 cm³/mol. The molecule has 120 heavy (non-hydrogen) atoms. The summed E-state index contributed by atoms with van der Waals surface area (Å²) in [5.41, 5.74) is 0. The van der Waals surface area contributed by atoms with Gasteiger partial charge in [0, 0.05) is 27.7 Å². The second kappa shape index (κ2) is 40.3. The molecule has 8 aliphatic rings. The molecule has 4 amide bonds. The van der Waals surface area contributed by atoms with Gasteiger partial charge in [0.2, 0.25) is 35.7 Å². The fourth-order valence-corrected chi connectivity index (χ4v) is 15.7. The summed E-state index contributed by atoms with van der Waals surface area (Å²) in [6, 6.07) is -9.43. The third-order valence-electron chi connectivity index (χ3n) is 18.5. The Bertz CT molecular complexity index is 4140. The lowest BCUT2D eigenvalue weighted by atomic mass is 9.93. The third-order valence-corrected chi connectivity index (χ3v) is 20.4. The van der Waals surface area contributed by atoms with Crippen molar-refractivity contribution in [3.05, 3.63) is 11.8 Å². The van der Waals surface area contributed by atoms with Crippen LogP contribution in [0.2, 0.25) is 0 Å². The van der Waals surface area contributed by atoms with Crippen molar-refractivity contribution in [2.75, 3.05) is 26.4 Å². The first kappa shape index (κ1) is 99.1. The summed E-state index contributed by atoms with van der Waals surface area (Å²) in [5, 5.41) is 195. The summed E-state index contributed by atoms with van der Waals surface area (Å²) in [4.78, 5) is 103. The second-order valence-corrected chi connectivity index (χ2v) is 31.2. The van der Waals surface area contributed by atoms with E-state index >= 15 is 0 Å². The molecular weight excluding hydrogens is 1750 g/mol. The summed E-state index contributed by atoms with van der Waals surface area (Å²) in [5.74, 6) is -14.8. The molecule has 7 saturated heterocycles. The maximum Gasteiger partial charge on any atom is 0.397 e. The van der Waals surface area contributed by atoms with E-state index in [0.717, 1.165) is 13.8 Å². The highest BCUT2D eigenvalue weighted by molar-refractivity contribution is 7.81. The lowest BCUT2D eigenvalue weighted by Gasteiger charge is -2.51. The van der Waals surface area contributed by atoms with Crippen molar-refractivity contribution >= 4 is 89.1 Å². The molecule has 0 saturated carbocycles. The van der Waals surface area contributed by atoms with Gasteiger partial charge in [-0.1, -0.05) is 0 Å². The van der Waals surface area contributed by atoms with Gasteiger partial charge in [0.1, 0.15) is 165 Å². The van der Waals surface area contributed by atoms with Crippen molar-refractivity contribution in [1.82, 2.24) is 21.3 Å². The van der Waals surface area contributed by atoms with Crippen LogP contribution in [0.25, 0.3) is 0 Å². The molecule has 1 unspecified atom stereocenters. The van der Waals surface area contributed by atoms with E-state index in [1.807, 2.05) is 5.32 Å². The number of aliphatic hydroxyl groups is 13. The van der Waals surface area contributed by atoms with Crippen LogP contribution in [0.3, 0.4) is 0 Å². The molecular formula is C56H84N4O56S4. The molecule has 38 atom stereocenters. The van der Waals surface area contributed by atoms with E-state index in [1.54, 1.807) is 0 Å². The fourth-order valence-electron chi connectivity index (χ4n) is 13.7. The molecule has 0 bridgehead atoms. The molecule has 0 spiro atoms. The molecule has 8 aliphatic heterocycles. The van der Waals surface area contributed by atoms with Crippen LogP contribution < -0.4 is 21.3 Å². The first-order valence-corrected chi connectivity index (χ1v) is 39.8. The highest BCUT2D eigenvalue weighted by Gasteiger charge is 2.64. The average Bonchev–Trinajstić information content (AvgIpc) is 0.776. The number of rotatable bonds is 34. The molecule has 0 aromatic heterocycles. The molecule has 0 aromatic rings. The monoisotopic (exact) mass is 1840 g/mol. The molecule has 688 valence electrons. The fraction of sp³-hybridized carbons (Fsp3) is 0.821. The van der Waals surface area contributed by atoms with Crippen molar-refractivity contribution in [1.29, 1.82) is 0 Å². The summed E-state index contributed by atoms with van der Waals surface area (Å²) in [6.07, 6.45) is -89.1. The number of aliphatic carboxylic acids is 4. The van der Waals surface area contributed by atoms with Crippen molar-refractivity contribution in [2.24, 2.45) is 0 Å². The van der Waals surface area contributed by atoms with E-state index in [9.17, 15) is 177 Å². The Kier molecular flexibility index (Phi) is 33.3. The molecule has 0 aromatic carbocycles. The van der Waals surface area contributed by atoms with Crippen LogP contribution in [0.5, 0.6) is 0 Å². The normalized spacial score (nSPS) is 41.6. The van der Waals surface area contributed by atoms with Crippen LogP contribution in [-0.2, 0) is 168 Å². The SMILES string of the molecule is CC(=O)N[C@H]1[C@H](O[C@H]2[C@H](O)[C@@H](O)[C@H](O[C@@H]3[C@@H](NC(C)=O)[C@H](O[C@H]4[C@H](O)[C@@H](O)[C@H](O[C@H]5[C@@H](OS(=O)(=O)O)[C@@H](CO)OC(O)[C@@H]5NC(C)=O)O[C@H]4C(=O)O)O[C@H](CO)[C@@H]3OS(=O)(=O)O)O[C@H]2C(=O)O)O[C@H](CO)[C@H](OS(=O)(=O)O)[C@@H]1O[C@@H]1O[C@@H](C(=O)O)[C@@H](O[C@@H]2O[C@H](CO)[C@H](OS(=O)(=O)O)[C@H](O[C@@H]3OC(C(=O)O)=C[C@H](O)[C@H]3O)[C@H]2NC(C)=O)[C@H](O)[C@H]1O. The zero-order chi connectivity index (χ0) is 89.9. The molecule has 60 nitrogen and oxygen atoms in total. The number of carboxylic acid groups (broad SMARTS) is 4. The standard InChI is InChI=1S/C56H84N4O56S4/c1-10(65)57-20-35(31(113-117(86,87)88)16(6-61)98-49(20)85)103-54-28(74)25(71)39(42(110-54)46(79)80)108-51-22(59-12(3)67)37(33(18(8-63)101-51)115-119(92,93)94)105-56-30(76)27(73)41(44(112-56)48(83)84)109-52-23(60-13(4)68)38(34(19(9-64)102-52)116-120(95,96)97)106-55-29(75)26(72)40(43(111-55)47(81)82)107-50-21(58-11(2)66)36(32(17(7-62)100-50)114-118(89,90)91)104-53-24(70)14(69)5-15(99-53)45(77)78/h5,14,16-44,49-56,61-64,69-76,85H,6-9H2,1-4H3,(H,57,65)(H,58,66)(H,59,67)(H,60,68)(H,77,78)(H,79,80)(H,81,82)(H,83,84)(H,86,87,88)(H,89,90,91)(H,92,93,94)(H,95,96,97)/t14-,16+,17+,18+,19+,20+,21+,22+,23+,24+,25+,26+,27+,28+,29+,30+,31-,32-,33-,34-,35+,36+,37+,38+,39-,40-,41-,42+,43+,44+,49?,50-,51-,52-,53-,54+,55+,56+/m0/s1. The first-order chi connectivity index (χ1) is 55.6. The molecule has 8 rings (SSSR count). The molecule has 0 radical (unpaired) electrons. The Labute approximate surface area is 672 Å². The summed E-state index contributed by atoms with van der Waals surface area (Å²) in [7, 11) is -23.3. The maximum atomic E-state index is 13.5. The number of carbonyl (C=O) groups excluding carboxylic acids is 4. The van der Waals surface area contributed by atoms with E-state index < -0.39 is 354 Å². The minimum absolute atomic E-state index is 0.459. The van der Waals surface area contributed by atoms with Crippen LogP contribution >= 0.6 is 0 Å². The van der Waals surface area contributed by atoms with Crippen LogP contribution in [0, 0.1) is 0 Å². The largest absolute Gasteiger partial charge is 0.479 e. The van der Waals surface area contributed by atoms with Gasteiger partial charge in [0.15, 0.2) is 62.3 Å². The second-order valence-electron chi connectivity index (χ2n) is 27.0. The highest BCUT2D eigenvalue weighted by Crippen LogP contribution is 2.41. The van der Waals surface area contributed by atoms with Gasteiger partial charge >= 0.3 is 65.5 Å². The topological polar surface area (TPSA) is 921 Å². The molecule has 8 heterocycles. The van der Waals surface area contributed by atoms with E-state index in [2.05, 4.69) is 24.3 Å². The van der Waals surface area contributed by atoms with E-state index in [4.69, 9.17) is 79.4 Å². The molecule has 7 fully saturated rings. The van der Waals surface area contributed by atoms with Gasteiger partial charge in [0.25, 0.3) is 0 Å². The zero-order valence-electron chi connectivity index (χ0n) is 61.2. The van der Waals surface area contributed by atoms with Crippen LogP contribution in [0.15, 0.2) is 11.8 Å². The smallest absolute Gasteiger partial charge is 0.397 e. The van der Waals surface area contributed by atoms with Gasteiger partial charge in [-0.05, 0) is 6.08 Å². The maximum absolute atomic E-state index is 13.5. The average molecular weight is 1840 g/mol. The van der Waals surface area contributed by atoms with Crippen molar-refractivity contribution in [3.63, 3.8) is 0 Å². The Hall–Kier alpha value is -6.30. The Morgan fingerprint density at radius 1 is 0.325 bits per heavy atom.